The van der Waals surface area contributed by atoms with Gasteiger partial charge in [0.15, 0.2) is 0 Å². The number of nitrogens with zero attached hydrogens (tertiary/aromatic N) is 2. The summed E-state index contributed by atoms with van der Waals surface area (Å²) in [6.07, 6.45) is 0. The number of hydrogen-bond donors (Lipinski definition) is 1. The molecule has 4 nitrogen and oxygen atoms in total. The number of rotatable bonds is 4. The second kappa shape index (κ2) is 6.12. The molecule has 0 aliphatic carbocycles. The Labute approximate surface area is 112 Å². The van der Waals surface area contributed by atoms with Gasteiger partial charge in [-0.1, -0.05) is 12.1 Å². The molecule has 0 aromatic heterocycles. The average Bonchev–Trinajstić information content (AvgIpc) is 2.41. The number of hydrogen-bond acceptors (Lipinski definition) is 3. The molecule has 1 N–H and O–H groups in total. The maximum atomic E-state index is 12.8. The van der Waals surface area contributed by atoms with E-state index in [0.29, 0.717) is 0 Å². The van der Waals surface area contributed by atoms with Gasteiger partial charge in [0, 0.05) is 32.7 Å². The molecule has 1 atom stereocenters. The minimum atomic E-state index is -0.771. The zero-order chi connectivity index (χ0) is 13.8. The topological polar surface area (TPSA) is 43.8 Å². The first-order valence-corrected chi connectivity index (χ1v) is 6.50. The number of benzene rings is 1. The molecule has 5 heteroatoms. The molecule has 19 heavy (non-hydrogen) atoms. The molecule has 0 radical (unpaired) electrons. The van der Waals surface area contributed by atoms with Crippen LogP contribution in [0.1, 0.15) is 12.5 Å². The van der Waals surface area contributed by atoms with Crippen molar-refractivity contribution in [2.75, 3.05) is 26.2 Å². The van der Waals surface area contributed by atoms with E-state index < -0.39 is 12.0 Å². The quantitative estimate of drug-likeness (QED) is 0.895. The van der Waals surface area contributed by atoms with E-state index in [1.165, 1.54) is 12.1 Å². The lowest BCUT2D eigenvalue weighted by Crippen LogP contribution is -2.51. The van der Waals surface area contributed by atoms with Gasteiger partial charge in [0.05, 0.1) is 0 Å². The van der Waals surface area contributed by atoms with E-state index in [2.05, 4.69) is 4.90 Å². The van der Waals surface area contributed by atoms with Crippen molar-refractivity contribution in [2.24, 2.45) is 0 Å². The summed E-state index contributed by atoms with van der Waals surface area (Å²) in [7, 11) is 0. The maximum Gasteiger partial charge on any atom is 0.320 e. The van der Waals surface area contributed by atoms with Crippen molar-refractivity contribution in [1.82, 2.24) is 9.80 Å². The highest BCUT2D eigenvalue weighted by Gasteiger charge is 2.24. The smallest absolute Gasteiger partial charge is 0.320 e. The highest BCUT2D eigenvalue weighted by molar-refractivity contribution is 5.72. The largest absolute Gasteiger partial charge is 0.480 e. The first kappa shape index (κ1) is 14.0. The number of piperazine rings is 1. The summed E-state index contributed by atoms with van der Waals surface area (Å²) in [5.41, 5.74) is 1.08. The highest BCUT2D eigenvalue weighted by Crippen LogP contribution is 2.11. The minimum absolute atomic E-state index is 0.219. The second-order valence-electron chi connectivity index (χ2n) is 4.95. The first-order valence-electron chi connectivity index (χ1n) is 6.50. The van der Waals surface area contributed by atoms with Gasteiger partial charge < -0.3 is 5.11 Å². The molecule has 0 amide bonds. The zero-order valence-electron chi connectivity index (χ0n) is 11.1. The lowest BCUT2D eigenvalue weighted by molar-refractivity contribution is -0.143. The molecule has 1 fully saturated rings. The fourth-order valence-electron chi connectivity index (χ4n) is 2.31. The van der Waals surface area contributed by atoms with Crippen LogP contribution in [-0.4, -0.2) is 53.1 Å². The van der Waals surface area contributed by atoms with Crippen LogP contribution in [0.25, 0.3) is 0 Å². The number of aliphatic carboxylic acids is 1. The Hall–Kier alpha value is -1.46. The summed E-state index contributed by atoms with van der Waals surface area (Å²) < 4.78 is 12.8. The zero-order valence-corrected chi connectivity index (χ0v) is 11.1. The number of carbonyl (C=O) groups is 1. The van der Waals surface area contributed by atoms with Crippen LogP contribution in [0.2, 0.25) is 0 Å². The fourth-order valence-corrected chi connectivity index (χ4v) is 2.31. The van der Waals surface area contributed by atoms with E-state index in [1.54, 1.807) is 19.1 Å². The Morgan fingerprint density at radius 3 is 2.37 bits per heavy atom. The van der Waals surface area contributed by atoms with Gasteiger partial charge in [0.2, 0.25) is 0 Å². The van der Waals surface area contributed by atoms with Gasteiger partial charge >= 0.3 is 5.97 Å². The van der Waals surface area contributed by atoms with Crippen LogP contribution < -0.4 is 0 Å². The summed E-state index contributed by atoms with van der Waals surface area (Å²) in [5, 5.41) is 8.97. The van der Waals surface area contributed by atoms with Crippen molar-refractivity contribution in [3.8, 4) is 0 Å². The van der Waals surface area contributed by atoms with Crippen molar-refractivity contribution in [3.05, 3.63) is 35.6 Å². The van der Waals surface area contributed by atoms with Crippen molar-refractivity contribution >= 4 is 5.97 Å². The van der Waals surface area contributed by atoms with Crippen molar-refractivity contribution < 1.29 is 14.3 Å². The molecule has 1 aliphatic rings. The van der Waals surface area contributed by atoms with E-state index in [-0.39, 0.29) is 5.82 Å². The summed E-state index contributed by atoms with van der Waals surface area (Å²) in [5.74, 6) is -0.990. The van der Waals surface area contributed by atoms with Gasteiger partial charge in [0.25, 0.3) is 0 Å². The van der Waals surface area contributed by atoms with Crippen molar-refractivity contribution in [1.29, 1.82) is 0 Å². The molecular weight excluding hydrogens is 247 g/mol. The molecule has 0 saturated carbocycles. The van der Waals surface area contributed by atoms with Crippen molar-refractivity contribution in [2.45, 2.75) is 19.5 Å². The van der Waals surface area contributed by atoms with Crippen LogP contribution >= 0.6 is 0 Å². The molecule has 1 unspecified atom stereocenters. The Morgan fingerprint density at radius 2 is 1.84 bits per heavy atom. The van der Waals surface area contributed by atoms with Crippen LogP contribution in [0, 0.1) is 5.82 Å². The fraction of sp³-hybridized carbons (Fsp3) is 0.500. The van der Waals surface area contributed by atoms with E-state index in [9.17, 15) is 9.18 Å². The van der Waals surface area contributed by atoms with Crippen LogP contribution in [0.15, 0.2) is 24.3 Å². The Balaban J connectivity index is 1.83. The Morgan fingerprint density at radius 1 is 1.26 bits per heavy atom. The predicted octanol–water partition coefficient (Wildman–Crippen LogP) is 1.42. The van der Waals surface area contributed by atoms with E-state index in [4.69, 9.17) is 5.11 Å². The van der Waals surface area contributed by atoms with Crippen molar-refractivity contribution in [3.63, 3.8) is 0 Å². The third-order valence-corrected chi connectivity index (χ3v) is 3.63. The van der Waals surface area contributed by atoms with Gasteiger partial charge in [-0.05, 0) is 24.6 Å². The van der Waals surface area contributed by atoms with Gasteiger partial charge in [0.1, 0.15) is 11.9 Å². The molecular formula is C14H19FN2O2. The minimum Gasteiger partial charge on any atom is -0.480 e. The number of carboxylic acid groups (broad SMARTS) is 1. The normalized spacial score (nSPS) is 19.3. The Bertz CT molecular complexity index is 428. The predicted molar refractivity (Wildman–Crippen MR) is 70.3 cm³/mol. The molecule has 0 spiro atoms. The van der Waals surface area contributed by atoms with Crippen LogP contribution in [0.5, 0.6) is 0 Å². The third kappa shape index (κ3) is 3.75. The molecule has 104 valence electrons. The summed E-state index contributed by atoms with van der Waals surface area (Å²) in [6, 6.07) is 6.10. The molecule has 1 saturated heterocycles. The number of carboxylic acids is 1. The van der Waals surface area contributed by atoms with E-state index >= 15 is 0 Å². The van der Waals surface area contributed by atoms with Gasteiger partial charge in [-0.2, -0.15) is 0 Å². The van der Waals surface area contributed by atoms with Gasteiger partial charge in [-0.15, -0.1) is 0 Å². The molecule has 1 aliphatic heterocycles. The van der Waals surface area contributed by atoms with E-state index in [0.717, 1.165) is 38.3 Å². The first-order chi connectivity index (χ1) is 9.06. The van der Waals surface area contributed by atoms with Crippen LogP contribution in [0.3, 0.4) is 0 Å². The second-order valence-corrected chi connectivity index (χ2v) is 4.95. The van der Waals surface area contributed by atoms with Crippen LogP contribution in [0.4, 0.5) is 4.39 Å². The lowest BCUT2D eigenvalue weighted by atomic mass is 10.2. The van der Waals surface area contributed by atoms with Gasteiger partial charge in [-0.3, -0.25) is 14.6 Å². The lowest BCUT2D eigenvalue weighted by Gasteiger charge is -2.36. The third-order valence-electron chi connectivity index (χ3n) is 3.63. The summed E-state index contributed by atoms with van der Waals surface area (Å²) >= 11 is 0. The average molecular weight is 266 g/mol. The molecule has 1 aromatic carbocycles. The standard InChI is InChI=1S/C14H19FN2O2/c1-11(14(18)19)17-8-6-16(7-9-17)10-12-2-4-13(15)5-3-12/h2-5,11H,6-10H2,1H3,(H,18,19). The van der Waals surface area contributed by atoms with Crippen LogP contribution in [-0.2, 0) is 11.3 Å². The maximum absolute atomic E-state index is 12.8. The Kier molecular flexibility index (Phi) is 4.50. The molecule has 1 heterocycles. The monoisotopic (exact) mass is 266 g/mol. The molecule has 2 rings (SSSR count). The SMILES string of the molecule is CC(C(=O)O)N1CCN(Cc2ccc(F)cc2)CC1. The van der Waals surface area contributed by atoms with Gasteiger partial charge in [-0.25, -0.2) is 4.39 Å². The molecule has 1 aromatic rings. The highest BCUT2D eigenvalue weighted by atomic mass is 19.1. The molecule has 0 bridgehead atoms. The van der Waals surface area contributed by atoms with E-state index in [1.807, 2.05) is 4.90 Å². The summed E-state index contributed by atoms with van der Waals surface area (Å²) in [6.45, 7) is 5.71. The summed E-state index contributed by atoms with van der Waals surface area (Å²) in [4.78, 5) is 15.2. The number of halogens is 1.